The summed E-state index contributed by atoms with van der Waals surface area (Å²) in [5.41, 5.74) is 5.18. The molecule has 0 unspecified atom stereocenters. The molecule has 1 saturated heterocycles. The predicted octanol–water partition coefficient (Wildman–Crippen LogP) is 3.70. The Morgan fingerprint density at radius 1 is 1.10 bits per heavy atom. The van der Waals surface area contributed by atoms with E-state index in [1.54, 1.807) is 25.1 Å². The zero-order valence-corrected chi connectivity index (χ0v) is 16.5. The van der Waals surface area contributed by atoms with Crippen molar-refractivity contribution in [1.82, 2.24) is 5.32 Å². The summed E-state index contributed by atoms with van der Waals surface area (Å²) >= 11 is 0. The molecule has 1 heterocycles. The highest BCUT2D eigenvalue weighted by molar-refractivity contribution is 6.29. The molecule has 2 aromatic carbocycles. The lowest BCUT2D eigenvalue weighted by molar-refractivity contribution is -0.132. The molecule has 1 aliphatic carbocycles. The van der Waals surface area contributed by atoms with E-state index >= 15 is 0 Å². The maximum Gasteiger partial charge on any atom is 0.335 e. The highest BCUT2D eigenvalue weighted by atomic mass is 16.2. The van der Waals surface area contributed by atoms with Gasteiger partial charge in [0.05, 0.1) is 5.69 Å². The second-order valence-electron chi connectivity index (χ2n) is 7.39. The fourth-order valence-corrected chi connectivity index (χ4v) is 4.02. The number of nitrogens with one attached hydrogen (secondary N) is 2. The molecule has 29 heavy (non-hydrogen) atoms. The van der Waals surface area contributed by atoms with Crippen LogP contribution in [0.15, 0.2) is 54.2 Å². The number of amides is 4. The first-order valence-corrected chi connectivity index (χ1v) is 9.79. The molecule has 1 atom stereocenters. The van der Waals surface area contributed by atoms with Crippen LogP contribution in [0.25, 0.3) is 0 Å². The number of benzene rings is 2. The van der Waals surface area contributed by atoms with E-state index in [4.69, 9.17) is 0 Å². The van der Waals surface area contributed by atoms with Gasteiger partial charge in [-0.25, -0.2) is 9.69 Å². The minimum Gasteiger partial charge on any atom is -0.358 e. The van der Waals surface area contributed by atoms with Crippen molar-refractivity contribution < 1.29 is 14.4 Å². The normalized spacial score (nSPS) is 19.2. The number of para-hydroxylation sites is 1. The number of urea groups is 1. The van der Waals surface area contributed by atoms with Gasteiger partial charge in [-0.15, -0.1) is 0 Å². The average molecular weight is 389 g/mol. The van der Waals surface area contributed by atoms with Crippen molar-refractivity contribution in [3.63, 3.8) is 0 Å². The van der Waals surface area contributed by atoms with Gasteiger partial charge in [-0.3, -0.25) is 14.9 Å². The average Bonchev–Trinajstić information content (AvgIpc) is 3.16. The van der Waals surface area contributed by atoms with Gasteiger partial charge in [-0.05, 0) is 68.0 Å². The first-order chi connectivity index (χ1) is 14.0. The van der Waals surface area contributed by atoms with Crippen LogP contribution in [-0.2, 0) is 22.4 Å². The molecule has 0 aromatic heterocycles. The molecule has 4 rings (SSSR count). The number of carbonyl (C=O) groups is 3. The lowest BCUT2D eigenvalue weighted by Crippen LogP contribution is -2.59. The summed E-state index contributed by atoms with van der Waals surface area (Å²) in [6.45, 7) is 3.59. The van der Waals surface area contributed by atoms with Gasteiger partial charge in [-0.2, -0.15) is 0 Å². The predicted molar refractivity (Wildman–Crippen MR) is 112 cm³/mol. The molecule has 148 valence electrons. The number of nitrogens with zero attached hydrogens (tertiary/aromatic N) is 1. The third kappa shape index (κ3) is 3.42. The number of allylic oxidation sites excluding steroid dienone is 1. The molecule has 0 bridgehead atoms. The monoisotopic (exact) mass is 389 g/mol. The number of anilines is 2. The Kier molecular flexibility index (Phi) is 4.92. The molecule has 2 aliphatic rings. The van der Waals surface area contributed by atoms with Crippen molar-refractivity contribution in [3.8, 4) is 0 Å². The summed E-state index contributed by atoms with van der Waals surface area (Å²) in [5.74, 6) is -2.30. The van der Waals surface area contributed by atoms with Gasteiger partial charge in [-0.1, -0.05) is 30.3 Å². The van der Waals surface area contributed by atoms with E-state index in [0.717, 1.165) is 35.4 Å². The third-order valence-corrected chi connectivity index (χ3v) is 5.53. The molecule has 1 aliphatic heterocycles. The number of imide groups is 2. The summed E-state index contributed by atoms with van der Waals surface area (Å²) in [6, 6.07) is 12.5. The summed E-state index contributed by atoms with van der Waals surface area (Å²) in [4.78, 5) is 39.3. The number of fused-ring (bicyclic) bond motifs is 1. The van der Waals surface area contributed by atoms with E-state index in [-0.39, 0.29) is 0 Å². The number of hydrogen-bond acceptors (Lipinski definition) is 4. The summed E-state index contributed by atoms with van der Waals surface area (Å²) in [7, 11) is 0. The van der Waals surface area contributed by atoms with Gasteiger partial charge < -0.3 is 5.32 Å². The maximum atomic E-state index is 13.2. The van der Waals surface area contributed by atoms with Crippen LogP contribution in [0.1, 0.15) is 30.0 Å². The van der Waals surface area contributed by atoms with Crippen molar-refractivity contribution in [2.24, 2.45) is 5.92 Å². The van der Waals surface area contributed by atoms with Gasteiger partial charge in [0.2, 0.25) is 5.91 Å². The van der Waals surface area contributed by atoms with E-state index in [1.165, 1.54) is 11.1 Å². The largest absolute Gasteiger partial charge is 0.358 e. The van der Waals surface area contributed by atoms with Crippen LogP contribution in [0.2, 0.25) is 0 Å². The van der Waals surface area contributed by atoms with Crippen molar-refractivity contribution in [1.29, 1.82) is 0 Å². The zero-order valence-electron chi connectivity index (χ0n) is 16.5. The topological polar surface area (TPSA) is 78.5 Å². The van der Waals surface area contributed by atoms with Gasteiger partial charge >= 0.3 is 6.03 Å². The van der Waals surface area contributed by atoms with Crippen LogP contribution in [0, 0.1) is 12.8 Å². The van der Waals surface area contributed by atoms with Crippen LogP contribution in [0.4, 0.5) is 16.2 Å². The van der Waals surface area contributed by atoms with E-state index in [1.807, 2.05) is 25.1 Å². The zero-order chi connectivity index (χ0) is 20.5. The Morgan fingerprint density at radius 2 is 1.86 bits per heavy atom. The molecular formula is C23H23N3O3. The minimum atomic E-state index is -1.12. The number of rotatable bonds is 4. The first-order valence-electron chi connectivity index (χ1n) is 9.79. The fraction of sp³-hybridized carbons (Fsp3) is 0.261. The fourth-order valence-electron chi connectivity index (χ4n) is 4.02. The molecule has 2 N–H and O–H groups in total. The molecule has 0 spiro atoms. The van der Waals surface area contributed by atoms with Crippen molar-refractivity contribution in [2.75, 3.05) is 10.2 Å². The summed E-state index contributed by atoms with van der Waals surface area (Å²) < 4.78 is 0. The second-order valence-corrected chi connectivity index (χ2v) is 7.39. The van der Waals surface area contributed by atoms with E-state index in [9.17, 15) is 14.4 Å². The number of hydrogen-bond donors (Lipinski definition) is 2. The smallest absolute Gasteiger partial charge is 0.335 e. The van der Waals surface area contributed by atoms with Crippen LogP contribution in [0.5, 0.6) is 0 Å². The number of carbonyl (C=O) groups excluding carboxylic acids is 3. The highest BCUT2D eigenvalue weighted by Gasteiger charge is 2.43. The van der Waals surface area contributed by atoms with Gasteiger partial charge in [0.15, 0.2) is 5.92 Å². The van der Waals surface area contributed by atoms with Crippen LogP contribution >= 0.6 is 0 Å². The standard InChI is InChI=1S/C23H23N3O3/c1-3-18(24-17-12-11-15-8-6-9-16(15)13-17)20-21(27)25-23(29)26(22(20)28)19-10-5-4-7-14(19)2/h3-5,7,10-13,20,24H,6,8-9H2,1-2H3,(H,25,27,29)/b18-3+/t20-/m0/s1. The molecule has 2 aromatic rings. The Bertz CT molecular complexity index is 1040. The Hall–Kier alpha value is -3.41. The van der Waals surface area contributed by atoms with Gasteiger partial charge in [0, 0.05) is 11.4 Å². The summed E-state index contributed by atoms with van der Waals surface area (Å²) in [6.07, 6.45) is 4.98. The molecule has 4 amide bonds. The highest BCUT2D eigenvalue weighted by Crippen LogP contribution is 2.30. The SMILES string of the molecule is C/C=C(/Nc1ccc2c(c1)CCC2)[C@H]1C(=O)NC(=O)N(c2ccccc2C)C1=O. The van der Waals surface area contributed by atoms with Crippen molar-refractivity contribution >= 4 is 29.2 Å². The van der Waals surface area contributed by atoms with Crippen molar-refractivity contribution in [3.05, 3.63) is 70.9 Å². The summed E-state index contributed by atoms with van der Waals surface area (Å²) in [5, 5.41) is 5.56. The quantitative estimate of drug-likeness (QED) is 0.782. The molecule has 6 nitrogen and oxygen atoms in total. The van der Waals surface area contributed by atoms with E-state index in [2.05, 4.69) is 22.8 Å². The molecular weight excluding hydrogens is 366 g/mol. The number of barbiturate groups is 1. The van der Waals surface area contributed by atoms with Crippen LogP contribution in [-0.4, -0.2) is 17.8 Å². The van der Waals surface area contributed by atoms with E-state index in [0.29, 0.717) is 11.4 Å². The molecule has 0 saturated carbocycles. The molecule has 0 radical (unpaired) electrons. The second kappa shape index (κ2) is 7.54. The minimum absolute atomic E-state index is 0.455. The Labute approximate surface area is 169 Å². The first kappa shape index (κ1) is 18.9. The Balaban J connectivity index is 1.64. The Morgan fingerprint density at radius 3 is 2.62 bits per heavy atom. The van der Waals surface area contributed by atoms with Gasteiger partial charge in [0.25, 0.3) is 5.91 Å². The maximum absolute atomic E-state index is 13.2. The van der Waals surface area contributed by atoms with Crippen LogP contribution < -0.4 is 15.5 Å². The third-order valence-electron chi connectivity index (χ3n) is 5.53. The van der Waals surface area contributed by atoms with Crippen molar-refractivity contribution in [2.45, 2.75) is 33.1 Å². The number of aryl methyl sites for hydroxylation is 3. The van der Waals surface area contributed by atoms with Crippen LogP contribution in [0.3, 0.4) is 0 Å². The van der Waals surface area contributed by atoms with E-state index < -0.39 is 23.8 Å². The molecule has 6 heteroatoms. The molecule has 1 fully saturated rings. The van der Waals surface area contributed by atoms with Gasteiger partial charge in [0.1, 0.15) is 0 Å². The lowest BCUT2D eigenvalue weighted by atomic mass is 9.98. The lowest BCUT2D eigenvalue weighted by Gasteiger charge is -2.32.